The number of carboxylic acids is 2. The molecule has 2 heterocycles. The van der Waals surface area contributed by atoms with Gasteiger partial charge in [-0.1, -0.05) is 18.2 Å². The Morgan fingerprint density at radius 2 is 1.57 bits per heavy atom. The molecule has 15 heteroatoms. The molecular weight excluding hydrogens is 548 g/mol. The van der Waals surface area contributed by atoms with Gasteiger partial charge >= 0.3 is 11.9 Å². The van der Waals surface area contributed by atoms with E-state index < -0.39 is 60.2 Å². The summed E-state index contributed by atoms with van der Waals surface area (Å²) in [7, 11) is 0. The maximum Gasteiger partial charge on any atom is 0.326 e. The number of nitrogens with one attached hydrogen (secondary N) is 5. The number of nitrogens with two attached hydrogens (primary N) is 2. The van der Waals surface area contributed by atoms with Crippen LogP contribution in [-0.2, 0) is 36.8 Å². The van der Waals surface area contributed by atoms with Gasteiger partial charge in [0.05, 0.1) is 18.8 Å². The average Bonchev–Trinajstić information content (AvgIpc) is 3.61. The second-order valence-electron chi connectivity index (χ2n) is 9.86. The highest BCUT2D eigenvalue weighted by molar-refractivity contribution is 5.96. The van der Waals surface area contributed by atoms with Gasteiger partial charge in [0.15, 0.2) is 0 Å². The van der Waals surface area contributed by atoms with Gasteiger partial charge in [-0.25, -0.2) is 9.78 Å². The highest BCUT2D eigenvalue weighted by Crippen LogP contribution is 2.19. The van der Waals surface area contributed by atoms with E-state index in [1.54, 1.807) is 6.20 Å². The lowest BCUT2D eigenvalue weighted by molar-refractivity contribution is -0.143. The van der Waals surface area contributed by atoms with Crippen molar-refractivity contribution in [1.82, 2.24) is 30.9 Å². The SMILES string of the molecule is NCCCCC(NC(=O)C(CC(=O)O)NC(=O)C(Cc1cnc[nH]1)NC(=O)C(N)Cc1c[nH]c2ccccc12)C(=O)O. The minimum Gasteiger partial charge on any atom is -0.481 e. The number of nitrogens with zero attached hydrogens (tertiary/aromatic N) is 1. The number of carbonyl (C=O) groups is 5. The molecule has 3 amide bonds. The van der Waals surface area contributed by atoms with Crippen molar-refractivity contribution >= 4 is 40.6 Å². The Hall–Kier alpha value is -4.76. The predicted octanol–water partition coefficient (Wildman–Crippen LogP) is -0.854. The fourth-order valence-electron chi connectivity index (χ4n) is 4.41. The lowest BCUT2D eigenvalue weighted by Crippen LogP contribution is -2.58. The van der Waals surface area contributed by atoms with E-state index in [0.29, 0.717) is 25.1 Å². The van der Waals surface area contributed by atoms with E-state index in [2.05, 4.69) is 30.9 Å². The zero-order valence-corrected chi connectivity index (χ0v) is 22.8. The monoisotopic (exact) mass is 584 g/mol. The quantitative estimate of drug-likeness (QED) is 0.0887. The Balaban J connectivity index is 1.73. The average molecular weight is 585 g/mol. The standard InChI is InChI=1S/C27H36N8O7/c28-8-4-3-7-20(27(41)42)33-26(40)22(11-23(36)37)35-25(39)21(10-16-13-30-14-32-16)34-24(38)18(29)9-15-12-31-19-6-2-1-5-17(15)19/h1-2,5-6,12-14,18,20-22,31H,3-4,7-11,28-29H2,(H,30,32)(H,33,40)(H,34,38)(H,35,39)(H,36,37)(H,41,42). The van der Waals surface area contributed by atoms with Crippen LogP contribution in [0, 0.1) is 0 Å². The van der Waals surface area contributed by atoms with Crippen LogP contribution >= 0.6 is 0 Å². The van der Waals surface area contributed by atoms with E-state index in [1.807, 2.05) is 24.3 Å². The molecule has 1 aromatic carbocycles. The topological polar surface area (TPSA) is 258 Å². The fraction of sp³-hybridized carbons (Fsp3) is 0.407. The van der Waals surface area contributed by atoms with Gasteiger partial charge in [-0.2, -0.15) is 0 Å². The van der Waals surface area contributed by atoms with Crippen LogP contribution in [0.2, 0.25) is 0 Å². The smallest absolute Gasteiger partial charge is 0.326 e. The van der Waals surface area contributed by atoms with Crippen molar-refractivity contribution in [2.75, 3.05) is 6.54 Å². The number of amides is 3. The third-order valence-electron chi connectivity index (χ3n) is 6.64. The number of aromatic nitrogens is 3. The van der Waals surface area contributed by atoms with E-state index in [-0.39, 0.29) is 19.3 Å². The van der Waals surface area contributed by atoms with E-state index >= 15 is 0 Å². The predicted molar refractivity (Wildman–Crippen MR) is 151 cm³/mol. The van der Waals surface area contributed by atoms with Crippen molar-refractivity contribution in [2.45, 2.75) is 62.7 Å². The van der Waals surface area contributed by atoms with Gasteiger partial charge in [-0.3, -0.25) is 19.2 Å². The summed E-state index contributed by atoms with van der Waals surface area (Å²) in [5, 5.41) is 27.0. The Kier molecular flexibility index (Phi) is 11.6. The van der Waals surface area contributed by atoms with E-state index in [1.165, 1.54) is 12.5 Å². The minimum atomic E-state index is -1.62. The molecule has 0 aliphatic heterocycles. The van der Waals surface area contributed by atoms with Crippen LogP contribution in [0.15, 0.2) is 43.0 Å². The van der Waals surface area contributed by atoms with Gasteiger partial charge in [0.1, 0.15) is 18.1 Å². The molecule has 0 fully saturated rings. The first-order valence-electron chi connectivity index (χ1n) is 13.4. The van der Waals surface area contributed by atoms with Gasteiger partial charge in [0, 0.05) is 35.4 Å². The molecule has 0 spiro atoms. The molecule has 0 radical (unpaired) electrons. The van der Waals surface area contributed by atoms with Gasteiger partial charge in [0.2, 0.25) is 17.7 Å². The first-order valence-corrected chi connectivity index (χ1v) is 13.4. The molecule has 4 unspecified atom stereocenters. The zero-order chi connectivity index (χ0) is 30.6. The molecule has 4 atom stereocenters. The van der Waals surface area contributed by atoms with E-state index in [9.17, 15) is 34.2 Å². The number of carboxylic acid groups (broad SMARTS) is 2. The summed E-state index contributed by atoms with van der Waals surface area (Å²) >= 11 is 0. The van der Waals surface area contributed by atoms with Crippen LogP contribution in [0.3, 0.4) is 0 Å². The van der Waals surface area contributed by atoms with E-state index in [0.717, 1.165) is 16.5 Å². The molecule has 11 N–H and O–H groups in total. The van der Waals surface area contributed by atoms with Crippen molar-refractivity contribution in [1.29, 1.82) is 0 Å². The molecule has 3 rings (SSSR count). The summed E-state index contributed by atoms with van der Waals surface area (Å²) in [5.74, 6) is -5.22. The molecule has 0 aliphatic carbocycles. The molecule has 42 heavy (non-hydrogen) atoms. The Morgan fingerprint density at radius 3 is 2.24 bits per heavy atom. The minimum absolute atomic E-state index is 0.0683. The van der Waals surface area contributed by atoms with Crippen LogP contribution in [0.4, 0.5) is 0 Å². The Bertz CT molecular complexity index is 1370. The van der Waals surface area contributed by atoms with Crippen molar-refractivity contribution < 1.29 is 34.2 Å². The zero-order valence-electron chi connectivity index (χ0n) is 22.8. The molecule has 2 aromatic heterocycles. The number of para-hydroxylation sites is 1. The maximum atomic E-state index is 13.3. The number of rotatable bonds is 17. The summed E-state index contributed by atoms with van der Waals surface area (Å²) < 4.78 is 0. The third-order valence-corrected chi connectivity index (χ3v) is 6.64. The first-order chi connectivity index (χ1) is 20.1. The number of fused-ring (bicyclic) bond motifs is 1. The summed E-state index contributed by atoms with van der Waals surface area (Å²) in [6.07, 6.45) is 4.87. The lowest BCUT2D eigenvalue weighted by Gasteiger charge is -2.24. The van der Waals surface area contributed by atoms with E-state index in [4.69, 9.17) is 11.5 Å². The Labute approximate surface area is 240 Å². The van der Waals surface area contributed by atoms with Crippen LogP contribution in [0.5, 0.6) is 0 Å². The second kappa shape index (κ2) is 15.3. The molecule has 0 saturated carbocycles. The summed E-state index contributed by atoms with van der Waals surface area (Å²) in [6, 6.07) is 2.28. The number of unbranched alkanes of at least 4 members (excludes halogenated alkanes) is 1. The summed E-state index contributed by atoms with van der Waals surface area (Å²) in [6.45, 7) is 0.340. The van der Waals surface area contributed by atoms with Gasteiger partial charge in [-0.05, 0) is 43.9 Å². The number of hydrogen-bond acceptors (Lipinski definition) is 8. The van der Waals surface area contributed by atoms with Gasteiger partial charge in [-0.15, -0.1) is 0 Å². The molecule has 0 saturated heterocycles. The summed E-state index contributed by atoms with van der Waals surface area (Å²) in [4.78, 5) is 72.3. The van der Waals surface area contributed by atoms with Crippen LogP contribution in [-0.4, -0.2) is 85.5 Å². The largest absolute Gasteiger partial charge is 0.481 e. The molecule has 3 aromatic rings. The van der Waals surface area contributed by atoms with Crippen molar-refractivity contribution in [3.63, 3.8) is 0 Å². The number of benzene rings is 1. The molecule has 0 aliphatic rings. The fourth-order valence-corrected chi connectivity index (χ4v) is 4.41. The van der Waals surface area contributed by atoms with Crippen molar-refractivity contribution in [3.05, 3.63) is 54.2 Å². The lowest BCUT2D eigenvalue weighted by atomic mass is 10.0. The van der Waals surface area contributed by atoms with Gasteiger partial charge in [0.25, 0.3) is 0 Å². The Morgan fingerprint density at radius 1 is 0.881 bits per heavy atom. The second-order valence-corrected chi connectivity index (χ2v) is 9.86. The highest BCUT2D eigenvalue weighted by atomic mass is 16.4. The molecule has 15 nitrogen and oxygen atoms in total. The number of aromatic amines is 2. The van der Waals surface area contributed by atoms with Gasteiger partial charge < -0.3 is 47.6 Å². The summed E-state index contributed by atoms with van der Waals surface area (Å²) in [5.41, 5.74) is 13.8. The number of imidazole rings is 1. The van der Waals surface area contributed by atoms with Crippen LogP contribution in [0.1, 0.15) is 36.9 Å². The highest BCUT2D eigenvalue weighted by Gasteiger charge is 2.32. The number of H-pyrrole nitrogens is 2. The normalized spacial score (nSPS) is 14.0. The van der Waals surface area contributed by atoms with Crippen LogP contribution < -0.4 is 27.4 Å². The third kappa shape index (κ3) is 9.14. The first kappa shape index (κ1) is 31.8. The number of carbonyl (C=O) groups excluding carboxylic acids is 3. The van der Waals surface area contributed by atoms with Crippen molar-refractivity contribution in [2.24, 2.45) is 11.5 Å². The maximum absolute atomic E-state index is 13.3. The molecular formula is C27H36N8O7. The number of hydrogen-bond donors (Lipinski definition) is 9. The van der Waals surface area contributed by atoms with Crippen LogP contribution in [0.25, 0.3) is 10.9 Å². The van der Waals surface area contributed by atoms with Crippen molar-refractivity contribution in [3.8, 4) is 0 Å². The number of aliphatic carboxylic acids is 2. The molecule has 226 valence electrons. The molecule has 0 bridgehead atoms.